The lowest BCUT2D eigenvalue weighted by atomic mass is 9.95. The van der Waals surface area contributed by atoms with E-state index in [9.17, 15) is 14.9 Å². The number of benzene rings is 1. The zero-order valence-electron chi connectivity index (χ0n) is 23.1. The molecule has 0 saturated carbocycles. The van der Waals surface area contributed by atoms with Crippen LogP contribution in [0, 0.1) is 17.2 Å². The second kappa shape index (κ2) is 13.6. The molecule has 5 rings (SSSR count). The number of hydrogen-bond acceptors (Lipinski definition) is 8. The van der Waals surface area contributed by atoms with Crippen molar-refractivity contribution < 1.29 is 19.1 Å². The van der Waals surface area contributed by atoms with E-state index in [0.29, 0.717) is 60.2 Å². The number of aromatic nitrogens is 2. The number of hydrogen-bond donors (Lipinski definition) is 3. The van der Waals surface area contributed by atoms with Gasteiger partial charge in [0.05, 0.1) is 44.1 Å². The van der Waals surface area contributed by atoms with Gasteiger partial charge in [-0.3, -0.25) is 9.48 Å². The molecule has 0 radical (unpaired) electrons. The highest BCUT2D eigenvalue weighted by Gasteiger charge is 2.28. The third kappa shape index (κ3) is 7.24. The smallest absolute Gasteiger partial charge is 0.322 e. The molecular formula is C29H35N7O4S. The lowest BCUT2D eigenvalue weighted by Gasteiger charge is -2.27. The predicted molar refractivity (Wildman–Crippen MR) is 156 cm³/mol. The minimum atomic E-state index is -0.327. The van der Waals surface area contributed by atoms with Crippen LogP contribution in [0.5, 0.6) is 5.75 Å². The maximum Gasteiger partial charge on any atom is 0.322 e. The predicted octanol–water partition coefficient (Wildman–Crippen LogP) is 4.07. The van der Waals surface area contributed by atoms with Gasteiger partial charge < -0.3 is 30.3 Å². The molecule has 2 aliphatic heterocycles. The summed E-state index contributed by atoms with van der Waals surface area (Å²) in [5.74, 6) is 1.12. The molecule has 3 amide bonds. The summed E-state index contributed by atoms with van der Waals surface area (Å²) < 4.78 is 12.7. The average molecular weight is 578 g/mol. The molecule has 0 unspecified atom stereocenters. The molecule has 41 heavy (non-hydrogen) atoms. The second-order valence-electron chi connectivity index (χ2n) is 10.2. The Bertz CT molecular complexity index is 1390. The van der Waals surface area contributed by atoms with Gasteiger partial charge in [-0.1, -0.05) is 0 Å². The number of rotatable bonds is 10. The Morgan fingerprint density at radius 3 is 2.76 bits per heavy atom. The Balaban J connectivity index is 1.13. The van der Waals surface area contributed by atoms with Crippen LogP contribution in [0.25, 0.3) is 0 Å². The Kier molecular flexibility index (Phi) is 9.51. The number of fused-ring (bicyclic) bond motifs is 1. The summed E-state index contributed by atoms with van der Waals surface area (Å²) in [6.07, 6.45) is 7.24. The van der Waals surface area contributed by atoms with Crippen molar-refractivity contribution in [3.8, 4) is 11.8 Å². The zero-order chi connectivity index (χ0) is 28.6. The molecule has 12 heteroatoms. The van der Waals surface area contributed by atoms with E-state index in [-0.39, 0.29) is 11.9 Å². The SMILES string of the molecule is COc1ccc(NC(=O)N2CCc3c(sc(NC(=O)c4cnn(CCOCCC5CCNCC5)c4)c3C#N)C2)cc1. The highest BCUT2D eigenvalue weighted by atomic mass is 32.1. The van der Waals surface area contributed by atoms with Gasteiger partial charge >= 0.3 is 6.03 Å². The number of carbonyl (C=O) groups excluding carboxylic acids is 2. The number of nitriles is 1. The molecule has 1 saturated heterocycles. The Morgan fingerprint density at radius 1 is 1.20 bits per heavy atom. The minimum Gasteiger partial charge on any atom is -0.497 e. The average Bonchev–Trinajstić information content (AvgIpc) is 3.61. The zero-order valence-corrected chi connectivity index (χ0v) is 24.0. The third-order valence-electron chi connectivity index (χ3n) is 7.51. The fourth-order valence-electron chi connectivity index (χ4n) is 5.12. The monoisotopic (exact) mass is 577 g/mol. The van der Waals surface area contributed by atoms with Crippen molar-refractivity contribution in [2.75, 3.05) is 50.6 Å². The standard InChI is InChI=1S/C29H35N7O4S/c1-39-23-4-2-22(3-5-23)33-29(38)35-12-8-24-25(16-30)28(41-26(24)19-35)34-27(37)21-17-32-36(18-21)13-15-40-14-9-20-6-10-31-11-7-20/h2-5,17-18,20,31H,6-15,19H2,1H3,(H,33,38)(H,34,37). The van der Waals surface area contributed by atoms with Crippen molar-refractivity contribution >= 4 is 34.0 Å². The van der Waals surface area contributed by atoms with E-state index in [0.717, 1.165) is 42.5 Å². The van der Waals surface area contributed by atoms with Crippen molar-refractivity contribution in [2.24, 2.45) is 5.92 Å². The van der Waals surface area contributed by atoms with E-state index in [4.69, 9.17) is 9.47 Å². The summed E-state index contributed by atoms with van der Waals surface area (Å²) in [4.78, 5) is 28.5. The third-order valence-corrected chi connectivity index (χ3v) is 8.65. The van der Waals surface area contributed by atoms with Crippen molar-refractivity contribution in [1.82, 2.24) is 20.0 Å². The van der Waals surface area contributed by atoms with Gasteiger partial charge in [0, 0.05) is 29.9 Å². The topological polar surface area (TPSA) is 134 Å². The second-order valence-corrected chi connectivity index (χ2v) is 11.3. The molecule has 216 valence electrons. The number of urea groups is 1. The van der Waals surface area contributed by atoms with Crippen LogP contribution in [0.2, 0.25) is 0 Å². The van der Waals surface area contributed by atoms with Crippen molar-refractivity contribution in [1.29, 1.82) is 5.26 Å². The van der Waals surface area contributed by atoms with Crippen molar-refractivity contribution in [3.63, 3.8) is 0 Å². The van der Waals surface area contributed by atoms with E-state index in [1.54, 1.807) is 47.2 Å². The Labute approximate surface area is 243 Å². The number of ether oxygens (including phenoxy) is 2. The summed E-state index contributed by atoms with van der Waals surface area (Å²) in [6.45, 7) is 4.85. The van der Waals surface area contributed by atoms with Crippen LogP contribution < -0.4 is 20.7 Å². The highest BCUT2D eigenvalue weighted by Crippen LogP contribution is 2.37. The van der Waals surface area contributed by atoms with Gasteiger partial charge in [0.2, 0.25) is 0 Å². The van der Waals surface area contributed by atoms with E-state index >= 15 is 0 Å². The molecule has 2 aromatic heterocycles. The molecular weight excluding hydrogens is 542 g/mol. The van der Waals surface area contributed by atoms with Crippen LogP contribution in [-0.2, 0) is 24.2 Å². The van der Waals surface area contributed by atoms with E-state index in [1.807, 2.05) is 0 Å². The van der Waals surface area contributed by atoms with E-state index in [1.165, 1.54) is 30.4 Å². The van der Waals surface area contributed by atoms with Crippen LogP contribution in [0.1, 0.15) is 45.6 Å². The first kappa shape index (κ1) is 28.6. The molecule has 3 aromatic rings. The number of anilines is 2. The highest BCUT2D eigenvalue weighted by molar-refractivity contribution is 7.16. The van der Waals surface area contributed by atoms with E-state index < -0.39 is 0 Å². The number of amides is 3. The molecule has 3 N–H and O–H groups in total. The molecule has 0 aliphatic carbocycles. The molecule has 0 atom stereocenters. The fraction of sp³-hybridized carbons (Fsp3) is 0.448. The van der Waals surface area contributed by atoms with E-state index in [2.05, 4.69) is 27.1 Å². The van der Waals surface area contributed by atoms with Crippen molar-refractivity contribution in [2.45, 2.75) is 38.8 Å². The van der Waals surface area contributed by atoms with Gasteiger partial charge in [-0.15, -0.1) is 11.3 Å². The van der Waals surface area contributed by atoms with Crippen LogP contribution in [0.4, 0.5) is 15.5 Å². The minimum absolute atomic E-state index is 0.221. The maximum absolute atomic E-state index is 13.0. The summed E-state index contributed by atoms with van der Waals surface area (Å²) in [5.41, 5.74) is 2.43. The van der Waals surface area contributed by atoms with Gasteiger partial charge in [-0.25, -0.2) is 4.79 Å². The summed E-state index contributed by atoms with van der Waals surface area (Å²) >= 11 is 1.34. The number of piperidine rings is 1. The number of nitrogens with zero attached hydrogens (tertiary/aromatic N) is 4. The Morgan fingerprint density at radius 2 is 2.00 bits per heavy atom. The van der Waals surface area contributed by atoms with Gasteiger partial charge in [0.25, 0.3) is 5.91 Å². The fourth-order valence-corrected chi connectivity index (χ4v) is 6.33. The molecule has 1 fully saturated rings. The van der Waals surface area contributed by atoms with Gasteiger partial charge in [-0.2, -0.15) is 10.4 Å². The van der Waals surface area contributed by atoms with Crippen LogP contribution in [0.3, 0.4) is 0 Å². The quantitative estimate of drug-likeness (QED) is 0.309. The summed E-state index contributed by atoms with van der Waals surface area (Å²) in [5, 5.41) is 23.8. The van der Waals surface area contributed by atoms with Gasteiger partial charge in [0.15, 0.2) is 0 Å². The Hall–Kier alpha value is -3.92. The molecule has 11 nitrogen and oxygen atoms in total. The summed E-state index contributed by atoms with van der Waals surface area (Å²) in [7, 11) is 1.59. The normalized spacial score (nSPS) is 15.2. The molecule has 0 bridgehead atoms. The van der Waals surface area contributed by atoms with Crippen molar-refractivity contribution in [3.05, 3.63) is 58.2 Å². The number of methoxy groups -OCH3 is 1. The largest absolute Gasteiger partial charge is 0.497 e. The molecule has 2 aliphatic rings. The lowest BCUT2D eigenvalue weighted by Crippen LogP contribution is -2.38. The van der Waals surface area contributed by atoms with Gasteiger partial charge in [0.1, 0.15) is 16.8 Å². The molecule has 4 heterocycles. The van der Waals surface area contributed by atoms with Crippen LogP contribution in [0.15, 0.2) is 36.7 Å². The van der Waals surface area contributed by atoms with Crippen LogP contribution in [-0.4, -0.2) is 66.6 Å². The first-order valence-corrected chi connectivity index (χ1v) is 14.7. The van der Waals surface area contributed by atoms with Crippen LogP contribution >= 0.6 is 11.3 Å². The maximum atomic E-state index is 13.0. The lowest BCUT2D eigenvalue weighted by molar-refractivity contribution is 0.102. The number of carbonyl (C=O) groups is 2. The van der Waals surface area contributed by atoms with Gasteiger partial charge in [-0.05, 0) is 74.5 Å². The summed E-state index contributed by atoms with van der Waals surface area (Å²) in [6, 6.07) is 9.16. The first-order chi connectivity index (χ1) is 20.0. The number of nitrogens with one attached hydrogen (secondary N) is 3. The number of thiophene rings is 1. The molecule has 1 aromatic carbocycles. The molecule has 0 spiro atoms. The first-order valence-electron chi connectivity index (χ1n) is 13.9.